The number of carbonyl (C=O) groups excluding carboxylic acids is 2. The maximum Gasteiger partial charge on any atom is 0.269 e. The highest BCUT2D eigenvalue weighted by Gasteiger charge is 2.08. The number of nitro benzene ring substituents is 2. The first kappa shape index (κ1) is 14.9. The summed E-state index contributed by atoms with van der Waals surface area (Å²) in [6.45, 7) is 0. The Morgan fingerprint density at radius 2 is 0.900 bits per heavy atom. The van der Waals surface area contributed by atoms with E-state index >= 15 is 0 Å². The molecule has 0 radical (unpaired) electrons. The molecule has 0 aromatic heterocycles. The van der Waals surface area contributed by atoms with Crippen molar-refractivity contribution < 1.29 is 19.4 Å². The minimum atomic E-state index is -0.607. The molecule has 0 fully saturated rings. The Labute approximate surface area is 112 Å². The SMILES string of the molecule is O=C1C=CC(=O)C=C1.O=[N+]([O-])c1ccc([N+](=O)[O-])cc1. The topological polar surface area (TPSA) is 120 Å². The summed E-state index contributed by atoms with van der Waals surface area (Å²) in [4.78, 5) is 39.6. The Hall–Kier alpha value is -3.16. The van der Waals surface area contributed by atoms with Gasteiger partial charge in [0.25, 0.3) is 11.4 Å². The van der Waals surface area contributed by atoms with Crippen molar-refractivity contribution in [3.63, 3.8) is 0 Å². The van der Waals surface area contributed by atoms with E-state index in [2.05, 4.69) is 0 Å². The molecule has 1 aliphatic carbocycles. The number of nitrogens with zero attached hydrogens (tertiary/aromatic N) is 2. The Bertz CT molecular complexity index is 544. The van der Waals surface area contributed by atoms with Crippen LogP contribution in [0.25, 0.3) is 0 Å². The number of rotatable bonds is 2. The fraction of sp³-hybridized carbons (Fsp3) is 0. The Kier molecular flexibility index (Phi) is 4.98. The van der Waals surface area contributed by atoms with Crippen LogP contribution in [0.3, 0.4) is 0 Å². The van der Waals surface area contributed by atoms with Gasteiger partial charge in [0.15, 0.2) is 11.6 Å². The Morgan fingerprint density at radius 1 is 0.650 bits per heavy atom. The quantitative estimate of drug-likeness (QED) is 0.461. The largest absolute Gasteiger partial charge is 0.290 e. The van der Waals surface area contributed by atoms with Crippen molar-refractivity contribution in [3.8, 4) is 0 Å². The van der Waals surface area contributed by atoms with Crippen molar-refractivity contribution in [1.82, 2.24) is 0 Å². The molecule has 0 aliphatic heterocycles. The van der Waals surface area contributed by atoms with Crippen LogP contribution in [-0.2, 0) is 9.59 Å². The number of carbonyl (C=O) groups is 2. The van der Waals surface area contributed by atoms with E-state index in [-0.39, 0.29) is 22.9 Å². The second kappa shape index (κ2) is 6.69. The summed E-state index contributed by atoms with van der Waals surface area (Å²) in [6.07, 6.45) is 5.01. The van der Waals surface area contributed by atoms with E-state index in [1.165, 1.54) is 24.3 Å². The summed E-state index contributed by atoms with van der Waals surface area (Å²) in [6, 6.07) is 4.38. The third-order valence-electron chi connectivity index (χ3n) is 2.10. The van der Waals surface area contributed by atoms with Gasteiger partial charge in [0.05, 0.1) is 9.85 Å². The first-order valence-corrected chi connectivity index (χ1v) is 5.23. The van der Waals surface area contributed by atoms with Gasteiger partial charge in [-0.2, -0.15) is 0 Å². The molecule has 0 unspecified atom stereocenters. The van der Waals surface area contributed by atoms with E-state index in [0.717, 1.165) is 24.3 Å². The lowest BCUT2D eigenvalue weighted by molar-refractivity contribution is -0.389. The van der Waals surface area contributed by atoms with Gasteiger partial charge in [-0.1, -0.05) is 0 Å². The van der Waals surface area contributed by atoms with E-state index in [1.54, 1.807) is 0 Å². The maximum atomic E-state index is 10.3. The van der Waals surface area contributed by atoms with Gasteiger partial charge in [-0.25, -0.2) is 0 Å². The molecule has 0 spiro atoms. The molecule has 0 atom stereocenters. The van der Waals surface area contributed by atoms with Gasteiger partial charge in [0.1, 0.15) is 0 Å². The first-order valence-electron chi connectivity index (χ1n) is 5.23. The zero-order valence-corrected chi connectivity index (χ0v) is 9.96. The van der Waals surface area contributed by atoms with Crippen molar-refractivity contribution in [3.05, 3.63) is 68.8 Å². The van der Waals surface area contributed by atoms with Gasteiger partial charge >= 0.3 is 0 Å². The molecule has 20 heavy (non-hydrogen) atoms. The van der Waals surface area contributed by atoms with E-state index in [9.17, 15) is 29.8 Å². The van der Waals surface area contributed by atoms with Crippen molar-refractivity contribution in [1.29, 1.82) is 0 Å². The van der Waals surface area contributed by atoms with Gasteiger partial charge in [0, 0.05) is 24.3 Å². The number of ketones is 2. The highest BCUT2D eigenvalue weighted by molar-refractivity contribution is 6.14. The molecular formula is C12H8N2O6. The summed E-state index contributed by atoms with van der Waals surface area (Å²) in [5.74, 6) is -0.241. The van der Waals surface area contributed by atoms with Gasteiger partial charge in [-0.05, 0) is 24.3 Å². The highest BCUT2D eigenvalue weighted by Crippen LogP contribution is 2.16. The second-order valence-electron chi connectivity index (χ2n) is 3.50. The summed E-state index contributed by atoms with van der Waals surface area (Å²) in [5, 5.41) is 20.2. The zero-order valence-electron chi connectivity index (χ0n) is 9.96. The number of nitro groups is 2. The molecule has 0 saturated carbocycles. The van der Waals surface area contributed by atoms with Gasteiger partial charge in [-0.3, -0.25) is 29.8 Å². The van der Waals surface area contributed by atoms with Crippen LogP contribution < -0.4 is 0 Å². The van der Waals surface area contributed by atoms with Crippen LogP contribution in [0.2, 0.25) is 0 Å². The summed E-state index contributed by atoms with van der Waals surface area (Å²) in [7, 11) is 0. The van der Waals surface area contributed by atoms with Crippen LogP contribution in [0.5, 0.6) is 0 Å². The van der Waals surface area contributed by atoms with Crippen LogP contribution in [0.1, 0.15) is 0 Å². The molecule has 1 aromatic rings. The standard InChI is InChI=1S/C6H4N2O4.C6H4O2/c9-7(10)5-1-2-6(4-3-5)8(11)12;7-5-1-2-6(8)4-3-5/h1-4H;1-4H. The van der Waals surface area contributed by atoms with Crippen LogP contribution in [-0.4, -0.2) is 21.4 Å². The number of allylic oxidation sites excluding steroid dienone is 4. The molecule has 8 nitrogen and oxygen atoms in total. The van der Waals surface area contributed by atoms with E-state index in [1.807, 2.05) is 0 Å². The Balaban J connectivity index is 0.000000217. The predicted octanol–water partition coefficient (Wildman–Crippen LogP) is 1.75. The van der Waals surface area contributed by atoms with E-state index < -0.39 is 9.85 Å². The average molecular weight is 276 g/mol. The fourth-order valence-electron chi connectivity index (χ4n) is 1.14. The summed E-state index contributed by atoms with van der Waals surface area (Å²) in [5.41, 5.74) is -0.304. The van der Waals surface area contributed by atoms with Gasteiger partial charge < -0.3 is 0 Å². The van der Waals surface area contributed by atoms with E-state index in [0.29, 0.717) is 0 Å². The highest BCUT2D eigenvalue weighted by atomic mass is 16.6. The molecular weight excluding hydrogens is 268 g/mol. The third-order valence-corrected chi connectivity index (χ3v) is 2.10. The Morgan fingerprint density at radius 3 is 1.10 bits per heavy atom. The fourth-order valence-corrected chi connectivity index (χ4v) is 1.14. The number of hydrogen-bond acceptors (Lipinski definition) is 6. The molecule has 0 amide bonds. The lowest BCUT2D eigenvalue weighted by atomic mass is 10.2. The molecule has 102 valence electrons. The lowest BCUT2D eigenvalue weighted by Gasteiger charge is -1.90. The average Bonchev–Trinajstić information content (AvgIpc) is 2.43. The summed E-state index contributed by atoms with van der Waals surface area (Å²) < 4.78 is 0. The monoisotopic (exact) mass is 276 g/mol. The molecule has 0 saturated heterocycles. The molecule has 0 heterocycles. The normalized spacial score (nSPS) is 12.6. The smallest absolute Gasteiger partial charge is 0.269 e. The van der Waals surface area contributed by atoms with Crippen molar-refractivity contribution in [2.45, 2.75) is 0 Å². The van der Waals surface area contributed by atoms with Crippen molar-refractivity contribution in [2.24, 2.45) is 0 Å². The van der Waals surface area contributed by atoms with Gasteiger partial charge in [0.2, 0.25) is 0 Å². The minimum absolute atomic E-state index is 0.121. The third kappa shape index (κ3) is 4.61. The van der Waals surface area contributed by atoms with E-state index in [4.69, 9.17) is 0 Å². The van der Waals surface area contributed by atoms with Crippen LogP contribution >= 0.6 is 0 Å². The maximum absolute atomic E-state index is 10.3. The van der Waals surface area contributed by atoms with Crippen LogP contribution in [0, 0.1) is 20.2 Å². The summed E-state index contributed by atoms with van der Waals surface area (Å²) >= 11 is 0. The number of hydrogen-bond donors (Lipinski definition) is 0. The van der Waals surface area contributed by atoms with Gasteiger partial charge in [-0.15, -0.1) is 0 Å². The van der Waals surface area contributed by atoms with Crippen molar-refractivity contribution >= 4 is 22.9 Å². The molecule has 0 N–H and O–H groups in total. The molecule has 8 heteroatoms. The van der Waals surface area contributed by atoms with Crippen LogP contribution in [0.4, 0.5) is 11.4 Å². The second-order valence-corrected chi connectivity index (χ2v) is 3.50. The predicted molar refractivity (Wildman–Crippen MR) is 68.0 cm³/mol. The van der Waals surface area contributed by atoms with Crippen LogP contribution in [0.15, 0.2) is 48.6 Å². The lowest BCUT2D eigenvalue weighted by Crippen LogP contribution is -1.97. The number of non-ortho nitro benzene ring substituents is 2. The number of benzene rings is 1. The van der Waals surface area contributed by atoms with Crippen molar-refractivity contribution in [2.75, 3.05) is 0 Å². The minimum Gasteiger partial charge on any atom is -0.290 e. The molecule has 1 aromatic carbocycles. The zero-order chi connectivity index (χ0) is 15.1. The molecule has 1 aliphatic rings. The molecule has 2 rings (SSSR count). The molecule has 0 bridgehead atoms. The first-order chi connectivity index (χ1) is 9.40.